The molecule has 3 heterocycles. The minimum atomic E-state index is 0.220. The van der Waals surface area contributed by atoms with Crippen LogP contribution in [-0.4, -0.2) is 59.5 Å². The highest BCUT2D eigenvalue weighted by atomic mass is 16.5. The summed E-state index contributed by atoms with van der Waals surface area (Å²) in [6, 6.07) is 7.93. The van der Waals surface area contributed by atoms with Gasteiger partial charge in [0.05, 0.1) is 7.11 Å². The Kier molecular flexibility index (Phi) is 5.57. The highest BCUT2D eigenvalue weighted by molar-refractivity contribution is 5.76. The van der Waals surface area contributed by atoms with Gasteiger partial charge in [-0.3, -0.25) is 4.79 Å². The second-order valence-electron chi connectivity index (χ2n) is 7.86. The summed E-state index contributed by atoms with van der Waals surface area (Å²) >= 11 is 0. The molecule has 0 spiro atoms. The van der Waals surface area contributed by atoms with E-state index in [1.807, 2.05) is 35.4 Å². The molecule has 4 rings (SSSR count). The normalized spacial score (nSPS) is 19.5. The van der Waals surface area contributed by atoms with Crippen LogP contribution in [0.3, 0.4) is 0 Å². The Bertz CT molecular complexity index is 837. The summed E-state index contributed by atoms with van der Waals surface area (Å²) in [5.74, 6) is 2.23. The Morgan fingerprint density at radius 3 is 2.86 bits per heavy atom. The van der Waals surface area contributed by atoms with E-state index in [4.69, 9.17) is 9.72 Å². The third-order valence-electron chi connectivity index (χ3n) is 5.84. The second-order valence-corrected chi connectivity index (χ2v) is 7.86. The van der Waals surface area contributed by atoms with Crippen molar-refractivity contribution < 1.29 is 9.53 Å². The molecule has 0 N–H and O–H groups in total. The van der Waals surface area contributed by atoms with Gasteiger partial charge in [0.15, 0.2) is 0 Å². The molecular weight excluding hydrogens is 352 g/mol. The van der Waals surface area contributed by atoms with E-state index in [1.165, 1.54) is 11.3 Å². The van der Waals surface area contributed by atoms with E-state index in [0.29, 0.717) is 6.42 Å². The summed E-state index contributed by atoms with van der Waals surface area (Å²) in [7, 11) is 3.79. The molecule has 2 aliphatic heterocycles. The number of carbonyl (C=O) groups excluding carboxylic acids is 1. The SMILES string of the molecule is COc1ccc(CCC(=O)N2CC[C@@H](c3ncc4c(n3)CCN(C)C4)C2)cc1. The van der Waals surface area contributed by atoms with E-state index >= 15 is 0 Å². The monoisotopic (exact) mass is 380 g/mol. The number of rotatable bonds is 5. The van der Waals surface area contributed by atoms with Crippen LogP contribution in [0, 0.1) is 0 Å². The summed E-state index contributed by atoms with van der Waals surface area (Å²) in [5, 5.41) is 0. The van der Waals surface area contributed by atoms with Gasteiger partial charge in [0.1, 0.15) is 11.6 Å². The second kappa shape index (κ2) is 8.27. The van der Waals surface area contributed by atoms with E-state index < -0.39 is 0 Å². The molecule has 28 heavy (non-hydrogen) atoms. The third kappa shape index (κ3) is 4.17. The predicted molar refractivity (Wildman–Crippen MR) is 107 cm³/mol. The van der Waals surface area contributed by atoms with Crippen molar-refractivity contribution in [1.29, 1.82) is 0 Å². The number of fused-ring (bicyclic) bond motifs is 1. The molecule has 2 aliphatic rings. The number of hydrogen-bond acceptors (Lipinski definition) is 5. The molecule has 1 saturated heterocycles. The number of methoxy groups -OCH3 is 1. The highest BCUT2D eigenvalue weighted by Gasteiger charge is 2.29. The Hall–Kier alpha value is -2.47. The molecule has 148 valence electrons. The molecule has 0 bridgehead atoms. The number of likely N-dealkylation sites (N-methyl/N-ethyl adjacent to an activating group) is 1. The van der Waals surface area contributed by atoms with Crippen LogP contribution in [0.15, 0.2) is 30.5 Å². The minimum Gasteiger partial charge on any atom is -0.497 e. The van der Waals surface area contributed by atoms with Gasteiger partial charge in [0, 0.05) is 62.4 Å². The van der Waals surface area contributed by atoms with Gasteiger partial charge in [0.25, 0.3) is 0 Å². The molecule has 0 radical (unpaired) electrons. The van der Waals surface area contributed by atoms with E-state index in [-0.39, 0.29) is 11.8 Å². The van der Waals surface area contributed by atoms with Crippen LogP contribution in [0.2, 0.25) is 0 Å². The Morgan fingerprint density at radius 2 is 2.07 bits per heavy atom. The average Bonchev–Trinajstić information content (AvgIpc) is 3.22. The van der Waals surface area contributed by atoms with Gasteiger partial charge in [-0.15, -0.1) is 0 Å². The van der Waals surface area contributed by atoms with Gasteiger partial charge in [-0.25, -0.2) is 9.97 Å². The van der Waals surface area contributed by atoms with Crippen molar-refractivity contribution >= 4 is 5.91 Å². The van der Waals surface area contributed by atoms with Gasteiger partial charge >= 0.3 is 0 Å². The molecule has 0 saturated carbocycles. The minimum absolute atomic E-state index is 0.220. The number of likely N-dealkylation sites (tertiary alicyclic amines) is 1. The lowest BCUT2D eigenvalue weighted by Crippen LogP contribution is -2.29. The fourth-order valence-electron chi connectivity index (χ4n) is 4.07. The molecule has 0 unspecified atom stereocenters. The molecule has 6 heteroatoms. The van der Waals surface area contributed by atoms with Crippen molar-refractivity contribution in [1.82, 2.24) is 19.8 Å². The summed E-state index contributed by atoms with van der Waals surface area (Å²) in [6.07, 6.45) is 5.22. The standard InChI is InChI=1S/C22H28N4O2/c1-25-11-10-20-18(14-25)13-23-22(24-20)17-9-12-26(15-17)21(27)8-5-16-3-6-19(28-2)7-4-16/h3-4,6-7,13,17H,5,8-12,14-15H2,1-2H3/t17-/m1/s1. The first kappa shape index (κ1) is 18.9. The van der Waals surface area contributed by atoms with Crippen molar-refractivity contribution in [3.8, 4) is 5.75 Å². The first-order valence-electron chi connectivity index (χ1n) is 10.1. The van der Waals surface area contributed by atoms with Gasteiger partial charge < -0.3 is 14.5 Å². The number of hydrogen-bond donors (Lipinski definition) is 0. The van der Waals surface area contributed by atoms with Crippen LogP contribution >= 0.6 is 0 Å². The maximum absolute atomic E-state index is 12.6. The van der Waals surface area contributed by atoms with Crippen molar-refractivity contribution in [2.75, 3.05) is 33.8 Å². The first-order valence-corrected chi connectivity index (χ1v) is 10.1. The maximum Gasteiger partial charge on any atom is 0.222 e. The Morgan fingerprint density at radius 1 is 1.25 bits per heavy atom. The number of aryl methyl sites for hydroxylation is 1. The molecule has 1 aromatic heterocycles. The smallest absolute Gasteiger partial charge is 0.222 e. The zero-order chi connectivity index (χ0) is 19.5. The van der Waals surface area contributed by atoms with E-state index in [2.05, 4.69) is 16.9 Å². The number of carbonyl (C=O) groups is 1. The van der Waals surface area contributed by atoms with Crippen molar-refractivity contribution in [2.24, 2.45) is 0 Å². The van der Waals surface area contributed by atoms with Crippen LogP contribution in [0.25, 0.3) is 0 Å². The van der Waals surface area contributed by atoms with Crippen LogP contribution in [0.1, 0.15) is 41.4 Å². The fraction of sp³-hybridized carbons (Fsp3) is 0.500. The largest absolute Gasteiger partial charge is 0.497 e. The average molecular weight is 380 g/mol. The van der Waals surface area contributed by atoms with Crippen LogP contribution in [-0.2, 0) is 24.2 Å². The lowest BCUT2D eigenvalue weighted by atomic mass is 10.1. The van der Waals surface area contributed by atoms with E-state index in [9.17, 15) is 4.79 Å². The molecule has 1 aromatic carbocycles. The molecule has 6 nitrogen and oxygen atoms in total. The van der Waals surface area contributed by atoms with Gasteiger partial charge in [-0.05, 0) is 37.6 Å². The topological polar surface area (TPSA) is 58.6 Å². The number of benzene rings is 1. The number of ether oxygens (including phenoxy) is 1. The fourth-order valence-corrected chi connectivity index (χ4v) is 4.07. The molecule has 1 amide bonds. The maximum atomic E-state index is 12.6. The van der Waals surface area contributed by atoms with Gasteiger partial charge in [0.2, 0.25) is 5.91 Å². The zero-order valence-corrected chi connectivity index (χ0v) is 16.7. The Balaban J connectivity index is 1.32. The van der Waals surface area contributed by atoms with Crippen molar-refractivity contribution in [3.63, 3.8) is 0 Å². The van der Waals surface area contributed by atoms with Gasteiger partial charge in [-0.2, -0.15) is 0 Å². The number of aromatic nitrogens is 2. The summed E-state index contributed by atoms with van der Waals surface area (Å²) in [4.78, 5) is 26.4. The number of amides is 1. The lowest BCUT2D eigenvalue weighted by Gasteiger charge is -2.24. The summed E-state index contributed by atoms with van der Waals surface area (Å²) in [5.41, 5.74) is 3.59. The van der Waals surface area contributed by atoms with Crippen molar-refractivity contribution in [3.05, 3.63) is 53.1 Å². The first-order chi connectivity index (χ1) is 13.6. The number of nitrogens with zero attached hydrogens (tertiary/aromatic N) is 4. The third-order valence-corrected chi connectivity index (χ3v) is 5.84. The van der Waals surface area contributed by atoms with Gasteiger partial charge in [-0.1, -0.05) is 12.1 Å². The van der Waals surface area contributed by atoms with Crippen molar-refractivity contribution in [2.45, 2.75) is 38.1 Å². The molecule has 0 aliphatic carbocycles. The Labute approximate surface area is 166 Å². The highest BCUT2D eigenvalue weighted by Crippen LogP contribution is 2.27. The van der Waals surface area contributed by atoms with Crippen LogP contribution in [0.5, 0.6) is 5.75 Å². The summed E-state index contributed by atoms with van der Waals surface area (Å²) < 4.78 is 5.18. The molecular formula is C22H28N4O2. The molecule has 1 atom stereocenters. The predicted octanol–water partition coefficient (Wildman–Crippen LogP) is 2.42. The summed E-state index contributed by atoms with van der Waals surface area (Å²) in [6.45, 7) is 3.51. The van der Waals surface area contributed by atoms with E-state index in [1.54, 1.807) is 7.11 Å². The van der Waals surface area contributed by atoms with Crippen LogP contribution in [0.4, 0.5) is 0 Å². The zero-order valence-electron chi connectivity index (χ0n) is 16.7. The van der Waals surface area contributed by atoms with E-state index in [0.717, 1.165) is 62.6 Å². The van der Waals surface area contributed by atoms with Crippen LogP contribution < -0.4 is 4.74 Å². The quantitative estimate of drug-likeness (QED) is 0.797. The molecule has 2 aromatic rings. The lowest BCUT2D eigenvalue weighted by molar-refractivity contribution is -0.130. The molecule has 1 fully saturated rings.